The fraction of sp³-hybridized carbons (Fsp3) is 0.200. The first-order valence-electron chi connectivity index (χ1n) is 8.99. The van der Waals surface area contributed by atoms with Gasteiger partial charge in [-0.25, -0.2) is 23.8 Å². The Labute approximate surface area is 165 Å². The second kappa shape index (κ2) is 7.98. The van der Waals surface area contributed by atoms with Gasteiger partial charge in [-0.05, 0) is 24.3 Å². The third kappa shape index (κ3) is 3.69. The van der Waals surface area contributed by atoms with Crippen LogP contribution >= 0.6 is 0 Å². The predicted molar refractivity (Wildman–Crippen MR) is 101 cm³/mol. The average molecular weight is 400 g/mol. The summed E-state index contributed by atoms with van der Waals surface area (Å²) in [6.07, 6.45) is 0. The van der Waals surface area contributed by atoms with Crippen molar-refractivity contribution in [1.29, 1.82) is 0 Å². The molecule has 29 heavy (non-hydrogen) atoms. The van der Waals surface area contributed by atoms with Crippen LogP contribution in [0.2, 0.25) is 0 Å². The van der Waals surface area contributed by atoms with E-state index in [0.29, 0.717) is 32.0 Å². The van der Waals surface area contributed by atoms with Crippen molar-refractivity contribution < 1.29 is 22.7 Å². The first kappa shape index (κ1) is 19.0. The van der Waals surface area contributed by atoms with Gasteiger partial charge in [0.25, 0.3) is 5.91 Å². The highest BCUT2D eigenvalue weighted by Gasteiger charge is 2.31. The quantitative estimate of drug-likeness (QED) is 0.709. The standard InChI is InChI=1S/C20H18F2N4O3/c21-14-7-4-8-15(22)16(14)19-24-17(18(23)27)20(29-19)26(13-5-2-1-3-6-13)25-9-11-28-12-10-25/h1-8H,9-12H2,(H2,23,27). The molecule has 2 heterocycles. The summed E-state index contributed by atoms with van der Waals surface area (Å²) in [4.78, 5) is 16.1. The zero-order valence-electron chi connectivity index (χ0n) is 15.3. The van der Waals surface area contributed by atoms with Gasteiger partial charge >= 0.3 is 0 Å². The molecule has 0 radical (unpaired) electrons. The van der Waals surface area contributed by atoms with Crippen LogP contribution in [-0.2, 0) is 4.74 Å². The Bertz CT molecular complexity index is 1000. The van der Waals surface area contributed by atoms with Crippen molar-refractivity contribution in [3.63, 3.8) is 0 Å². The van der Waals surface area contributed by atoms with Crippen molar-refractivity contribution >= 4 is 17.5 Å². The fourth-order valence-electron chi connectivity index (χ4n) is 3.16. The van der Waals surface area contributed by atoms with Crippen LogP contribution in [0.15, 0.2) is 52.9 Å². The number of hydrogen-bond donors (Lipinski definition) is 1. The van der Waals surface area contributed by atoms with Crippen molar-refractivity contribution in [3.8, 4) is 11.5 Å². The minimum absolute atomic E-state index is 0.0109. The Morgan fingerprint density at radius 1 is 1.03 bits per heavy atom. The molecule has 1 amide bonds. The third-order valence-corrected chi connectivity index (χ3v) is 4.48. The molecule has 3 aromatic rings. The van der Waals surface area contributed by atoms with Gasteiger partial charge in [0.1, 0.15) is 17.2 Å². The number of aromatic nitrogens is 1. The van der Waals surface area contributed by atoms with E-state index in [-0.39, 0.29) is 17.5 Å². The number of carbonyl (C=O) groups is 1. The van der Waals surface area contributed by atoms with Crippen molar-refractivity contribution in [2.45, 2.75) is 0 Å². The third-order valence-electron chi connectivity index (χ3n) is 4.48. The molecule has 1 aromatic heterocycles. The number of para-hydroxylation sites is 1. The second-order valence-corrected chi connectivity index (χ2v) is 6.35. The summed E-state index contributed by atoms with van der Waals surface area (Å²) in [6.45, 7) is 1.96. The lowest BCUT2D eigenvalue weighted by atomic mass is 10.2. The van der Waals surface area contributed by atoms with Crippen LogP contribution in [0, 0.1) is 11.6 Å². The molecule has 150 valence electrons. The lowest BCUT2D eigenvalue weighted by Crippen LogP contribution is -2.47. The number of anilines is 2. The Morgan fingerprint density at radius 2 is 1.69 bits per heavy atom. The molecular formula is C20H18F2N4O3. The lowest BCUT2D eigenvalue weighted by Gasteiger charge is -2.37. The van der Waals surface area contributed by atoms with Crippen LogP contribution in [0.4, 0.5) is 20.4 Å². The smallest absolute Gasteiger partial charge is 0.273 e. The summed E-state index contributed by atoms with van der Waals surface area (Å²) in [5, 5.41) is 3.53. The van der Waals surface area contributed by atoms with E-state index in [9.17, 15) is 13.6 Å². The lowest BCUT2D eigenvalue weighted by molar-refractivity contribution is 0.0361. The fourth-order valence-corrected chi connectivity index (χ4v) is 3.16. The maximum absolute atomic E-state index is 14.3. The second-order valence-electron chi connectivity index (χ2n) is 6.35. The minimum Gasteiger partial charge on any atom is -0.418 e. The summed E-state index contributed by atoms with van der Waals surface area (Å²) >= 11 is 0. The Morgan fingerprint density at radius 3 is 2.31 bits per heavy atom. The van der Waals surface area contributed by atoms with E-state index in [1.165, 1.54) is 6.07 Å². The number of ether oxygens (including phenoxy) is 1. The molecule has 1 aliphatic rings. The first-order chi connectivity index (χ1) is 14.1. The highest BCUT2D eigenvalue weighted by Crippen LogP contribution is 2.36. The molecule has 2 aromatic carbocycles. The molecule has 7 nitrogen and oxygen atoms in total. The van der Waals surface area contributed by atoms with Crippen LogP contribution in [0.5, 0.6) is 0 Å². The molecule has 9 heteroatoms. The number of primary amides is 1. The normalized spacial score (nSPS) is 14.7. The molecule has 0 aliphatic carbocycles. The van der Waals surface area contributed by atoms with E-state index in [4.69, 9.17) is 14.9 Å². The van der Waals surface area contributed by atoms with Gasteiger partial charge < -0.3 is 14.9 Å². The number of nitrogens with two attached hydrogens (primary N) is 1. The molecular weight excluding hydrogens is 382 g/mol. The Hall–Kier alpha value is -3.30. The van der Waals surface area contributed by atoms with Gasteiger partial charge in [-0.1, -0.05) is 24.3 Å². The van der Waals surface area contributed by atoms with Gasteiger partial charge in [0.15, 0.2) is 5.69 Å². The predicted octanol–water partition coefficient (Wildman–Crippen LogP) is 3.10. The molecule has 2 N–H and O–H groups in total. The minimum atomic E-state index is -0.874. The maximum atomic E-state index is 14.3. The molecule has 0 spiro atoms. The van der Waals surface area contributed by atoms with Crippen LogP contribution in [0.1, 0.15) is 10.5 Å². The highest BCUT2D eigenvalue weighted by atomic mass is 19.1. The SMILES string of the molecule is NC(=O)c1nc(-c2c(F)cccc2F)oc1N(c1ccccc1)N1CCOCC1. The average Bonchev–Trinajstić information content (AvgIpc) is 3.14. The Balaban J connectivity index is 1.88. The summed E-state index contributed by atoms with van der Waals surface area (Å²) in [5.41, 5.74) is 5.50. The van der Waals surface area contributed by atoms with Gasteiger partial charge in [0.05, 0.1) is 18.9 Å². The van der Waals surface area contributed by atoms with Crippen LogP contribution in [0.3, 0.4) is 0 Å². The zero-order chi connectivity index (χ0) is 20.4. The maximum Gasteiger partial charge on any atom is 0.273 e. The number of oxazole rings is 1. The number of rotatable bonds is 5. The number of morpholine rings is 1. The zero-order valence-corrected chi connectivity index (χ0v) is 15.3. The summed E-state index contributed by atoms with van der Waals surface area (Å²) in [6, 6.07) is 12.5. The summed E-state index contributed by atoms with van der Waals surface area (Å²) in [7, 11) is 0. The molecule has 0 unspecified atom stereocenters. The molecule has 0 bridgehead atoms. The number of hydrazine groups is 1. The van der Waals surface area contributed by atoms with Gasteiger partial charge in [-0.2, -0.15) is 0 Å². The summed E-state index contributed by atoms with van der Waals surface area (Å²) in [5.74, 6) is -2.96. The van der Waals surface area contributed by atoms with Crippen molar-refractivity contribution in [2.75, 3.05) is 31.3 Å². The first-order valence-corrected chi connectivity index (χ1v) is 8.99. The number of benzene rings is 2. The van der Waals surface area contributed by atoms with Crippen molar-refractivity contribution in [2.24, 2.45) is 5.73 Å². The van der Waals surface area contributed by atoms with Gasteiger partial charge in [0.2, 0.25) is 11.8 Å². The topological polar surface area (TPSA) is 84.8 Å². The molecule has 1 saturated heterocycles. The van der Waals surface area contributed by atoms with E-state index in [1.807, 2.05) is 35.3 Å². The number of nitrogens with zero attached hydrogens (tertiary/aromatic N) is 3. The van der Waals surface area contributed by atoms with Gasteiger partial charge in [0, 0.05) is 13.1 Å². The van der Waals surface area contributed by atoms with E-state index >= 15 is 0 Å². The number of halogens is 2. The van der Waals surface area contributed by atoms with Crippen molar-refractivity contribution in [3.05, 3.63) is 65.9 Å². The van der Waals surface area contributed by atoms with E-state index < -0.39 is 23.1 Å². The number of carbonyl (C=O) groups excluding carboxylic acids is 1. The van der Waals surface area contributed by atoms with E-state index in [0.717, 1.165) is 12.1 Å². The number of amides is 1. The van der Waals surface area contributed by atoms with Gasteiger partial charge in [-0.3, -0.25) is 4.79 Å². The van der Waals surface area contributed by atoms with E-state index in [2.05, 4.69) is 4.98 Å². The van der Waals surface area contributed by atoms with Crippen LogP contribution < -0.4 is 10.7 Å². The van der Waals surface area contributed by atoms with Crippen LogP contribution in [-0.4, -0.2) is 42.2 Å². The Kier molecular flexibility index (Phi) is 5.24. The largest absolute Gasteiger partial charge is 0.418 e. The molecule has 0 atom stereocenters. The summed E-state index contributed by atoms with van der Waals surface area (Å²) < 4.78 is 39.7. The van der Waals surface area contributed by atoms with Crippen LogP contribution in [0.25, 0.3) is 11.5 Å². The van der Waals surface area contributed by atoms with E-state index in [1.54, 1.807) is 5.01 Å². The van der Waals surface area contributed by atoms with Crippen molar-refractivity contribution in [1.82, 2.24) is 9.99 Å². The molecule has 1 fully saturated rings. The molecule has 0 saturated carbocycles. The van der Waals surface area contributed by atoms with Gasteiger partial charge in [-0.15, -0.1) is 0 Å². The molecule has 4 rings (SSSR count). The molecule has 1 aliphatic heterocycles. The highest BCUT2D eigenvalue weighted by molar-refractivity contribution is 5.96. The number of hydrogen-bond acceptors (Lipinski definition) is 6. The monoisotopic (exact) mass is 400 g/mol.